The number of nitrogens with zero attached hydrogens (tertiary/aromatic N) is 3. The molecule has 2 aromatic heterocycles. The predicted octanol–water partition coefficient (Wildman–Crippen LogP) is 2.27. The maximum Gasteiger partial charge on any atom is 0.268 e. The maximum atomic E-state index is 13.1. The number of carbonyl (C=O) groups is 2. The molecule has 0 unspecified atom stereocenters. The molecule has 31 heavy (non-hydrogen) atoms. The summed E-state index contributed by atoms with van der Waals surface area (Å²) in [5, 5.41) is 12.3. The minimum atomic E-state index is -0.106. The number of aliphatic hydroxyl groups is 1. The van der Waals surface area contributed by atoms with Crippen molar-refractivity contribution in [2.24, 2.45) is 23.2 Å². The average molecular weight is 425 g/mol. The Hall–Kier alpha value is -2.41. The summed E-state index contributed by atoms with van der Waals surface area (Å²) in [4.78, 5) is 31.4. The fourth-order valence-corrected chi connectivity index (χ4v) is 6.76. The number of imidazole rings is 1. The van der Waals surface area contributed by atoms with Crippen LogP contribution in [0.3, 0.4) is 0 Å². The van der Waals surface area contributed by atoms with E-state index < -0.39 is 0 Å². The lowest BCUT2D eigenvalue weighted by molar-refractivity contribution is -0.129. The number of nitrogens with one attached hydrogen (secondary N) is 1. The molecule has 0 aliphatic heterocycles. The Morgan fingerprint density at radius 3 is 2.52 bits per heavy atom. The molecule has 0 atom stereocenters. The predicted molar refractivity (Wildman–Crippen MR) is 117 cm³/mol. The van der Waals surface area contributed by atoms with Gasteiger partial charge in [-0.15, -0.1) is 0 Å². The van der Waals surface area contributed by atoms with Crippen LogP contribution >= 0.6 is 0 Å². The third-order valence-corrected chi connectivity index (χ3v) is 7.76. The van der Waals surface area contributed by atoms with Crippen molar-refractivity contribution in [3.05, 3.63) is 35.8 Å². The highest BCUT2D eigenvalue weighted by Gasteiger charge is 2.50. The third-order valence-electron chi connectivity index (χ3n) is 7.76. The fourth-order valence-electron chi connectivity index (χ4n) is 6.76. The summed E-state index contributed by atoms with van der Waals surface area (Å²) < 4.78 is 1.78. The van der Waals surface area contributed by atoms with E-state index in [4.69, 9.17) is 5.11 Å². The zero-order valence-electron chi connectivity index (χ0n) is 18.2. The zero-order chi connectivity index (χ0) is 21.6. The minimum absolute atomic E-state index is 0.0680. The van der Waals surface area contributed by atoms with Crippen LogP contribution < -0.4 is 5.32 Å². The average Bonchev–Trinajstić information content (AvgIpc) is 3.13. The van der Waals surface area contributed by atoms with Crippen LogP contribution in [0.1, 0.15) is 54.7 Å². The van der Waals surface area contributed by atoms with E-state index in [-0.39, 0.29) is 24.8 Å². The highest BCUT2D eigenvalue weighted by atomic mass is 16.3. The molecule has 4 fully saturated rings. The van der Waals surface area contributed by atoms with Crippen LogP contribution in [0.15, 0.2) is 24.4 Å². The lowest BCUT2D eigenvalue weighted by atomic mass is 9.49. The second-order valence-corrected chi connectivity index (χ2v) is 10.2. The molecule has 4 aliphatic rings. The molecule has 7 heteroatoms. The Labute approximate surface area is 182 Å². The number of rotatable bonds is 7. The van der Waals surface area contributed by atoms with Gasteiger partial charge in [-0.05, 0) is 73.8 Å². The van der Waals surface area contributed by atoms with E-state index >= 15 is 0 Å². The van der Waals surface area contributed by atoms with Crippen LogP contribution in [0.4, 0.5) is 0 Å². The molecule has 2 N–H and O–H groups in total. The molecule has 4 bridgehead atoms. The summed E-state index contributed by atoms with van der Waals surface area (Å²) in [6.07, 6.45) is 9.92. The van der Waals surface area contributed by atoms with E-state index in [1.54, 1.807) is 17.6 Å². The van der Waals surface area contributed by atoms with Crippen LogP contribution in [-0.4, -0.2) is 57.9 Å². The van der Waals surface area contributed by atoms with Crippen LogP contribution in [0.5, 0.6) is 0 Å². The number of hydrogen-bond donors (Lipinski definition) is 2. The number of aliphatic hydroxyl groups excluding tert-OH is 1. The van der Waals surface area contributed by atoms with Crippen LogP contribution in [0.2, 0.25) is 0 Å². The van der Waals surface area contributed by atoms with Gasteiger partial charge in [0.25, 0.3) is 5.91 Å². The van der Waals surface area contributed by atoms with Gasteiger partial charge < -0.3 is 15.3 Å². The number of likely N-dealkylation sites (N-methyl/N-ethyl adjacent to an activating group) is 1. The maximum absolute atomic E-state index is 13.1. The molecular weight excluding hydrogens is 392 g/mol. The van der Waals surface area contributed by atoms with E-state index in [2.05, 4.69) is 10.3 Å². The largest absolute Gasteiger partial charge is 0.395 e. The van der Waals surface area contributed by atoms with Crippen molar-refractivity contribution in [2.45, 2.75) is 44.9 Å². The first-order valence-corrected chi connectivity index (χ1v) is 11.5. The smallest absolute Gasteiger partial charge is 0.268 e. The molecule has 0 saturated heterocycles. The standard InChI is InChI=1S/C24H32N4O3/c1-27(5-6-29)22(30)10-19-14-28-20(3-2-4-21(28)26-19)23(31)25-15-24-11-16-7-17(12-24)9-18(8-16)13-24/h2-4,14,16-18,29H,5-13,15H2,1H3,(H,25,31). The van der Waals surface area contributed by atoms with Gasteiger partial charge in [0.2, 0.25) is 5.91 Å². The lowest BCUT2D eigenvalue weighted by Crippen LogP contribution is -2.51. The Bertz CT molecular complexity index is 963. The van der Waals surface area contributed by atoms with Gasteiger partial charge in [0.05, 0.1) is 18.7 Å². The van der Waals surface area contributed by atoms with Crippen molar-refractivity contribution >= 4 is 17.5 Å². The summed E-state index contributed by atoms with van der Waals surface area (Å²) in [5.41, 5.74) is 2.13. The molecule has 4 aliphatic carbocycles. The Balaban J connectivity index is 1.29. The van der Waals surface area contributed by atoms with Crippen LogP contribution in [-0.2, 0) is 11.2 Å². The Kier molecular flexibility index (Phi) is 5.24. The molecule has 0 radical (unpaired) electrons. The Morgan fingerprint density at radius 1 is 1.19 bits per heavy atom. The molecule has 166 valence electrons. The lowest BCUT2D eigenvalue weighted by Gasteiger charge is -2.56. The summed E-state index contributed by atoms with van der Waals surface area (Å²) >= 11 is 0. The van der Waals surface area contributed by atoms with E-state index in [0.717, 1.165) is 24.3 Å². The zero-order valence-corrected chi connectivity index (χ0v) is 18.2. The first-order valence-electron chi connectivity index (χ1n) is 11.5. The van der Waals surface area contributed by atoms with Crippen molar-refractivity contribution in [1.82, 2.24) is 19.6 Å². The first kappa shape index (κ1) is 20.5. The number of pyridine rings is 1. The van der Waals surface area contributed by atoms with Crippen molar-refractivity contribution in [3.63, 3.8) is 0 Å². The number of carbonyl (C=O) groups excluding carboxylic acids is 2. The Morgan fingerprint density at radius 2 is 1.87 bits per heavy atom. The SMILES string of the molecule is CN(CCO)C(=O)Cc1cn2c(C(=O)NCC34CC5CC(CC(C5)C3)C4)cccc2n1. The molecule has 0 spiro atoms. The van der Waals surface area contributed by atoms with Gasteiger partial charge in [-0.2, -0.15) is 0 Å². The van der Waals surface area contributed by atoms with Gasteiger partial charge in [-0.3, -0.25) is 14.0 Å². The van der Waals surface area contributed by atoms with E-state index in [9.17, 15) is 9.59 Å². The van der Waals surface area contributed by atoms with E-state index in [0.29, 0.717) is 29.0 Å². The van der Waals surface area contributed by atoms with Crippen molar-refractivity contribution in [2.75, 3.05) is 26.7 Å². The second-order valence-electron chi connectivity index (χ2n) is 10.2. The quantitative estimate of drug-likeness (QED) is 0.714. The number of amides is 2. The molecular formula is C24H32N4O3. The monoisotopic (exact) mass is 424 g/mol. The van der Waals surface area contributed by atoms with Gasteiger partial charge in [0.1, 0.15) is 11.3 Å². The highest BCUT2D eigenvalue weighted by Crippen LogP contribution is 2.59. The molecule has 2 amide bonds. The second kappa shape index (κ2) is 7.93. The van der Waals surface area contributed by atoms with E-state index in [1.807, 2.05) is 18.2 Å². The summed E-state index contributed by atoms with van der Waals surface area (Å²) in [6, 6.07) is 5.50. The van der Waals surface area contributed by atoms with Crippen molar-refractivity contribution < 1.29 is 14.7 Å². The van der Waals surface area contributed by atoms with Gasteiger partial charge in [-0.25, -0.2) is 4.98 Å². The first-order chi connectivity index (χ1) is 14.9. The number of aromatic nitrogens is 2. The summed E-state index contributed by atoms with van der Waals surface area (Å²) in [6.45, 7) is 0.989. The molecule has 6 rings (SSSR count). The third kappa shape index (κ3) is 3.95. The van der Waals surface area contributed by atoms with Gasteiger partial charge >= 0.3 is 0 Å². The number of hydrogen-bond acceptors (Lipinski definition) is 4. The normalized spacial score (nSPS) is 28.8. The van der Waals surface area contributed by atoms with Crippen molar-refractivity contribution in [1.29, 1.82) is 0 Å². The highest BCUT2D eigenvalue weighted by molar-refractivity contribution is 5.93. The molecule has 4 saturated carbocycles. The number of fused-ring (bicyclic) bond motifs is 1. The topological polar surface area (TPSA) is 86.9 Å². The molecule has 0 aromatic carbocycles. The summed E-state index contributed by atoms with van der Waals surface area (Å²) in [5.74, 6) is 2.41. The van der Waals surface area contributed by atoms with Crippen LogP contribution in [0, 0.1) is 23.2 Å². The van der Waals surface area contributed by atoms with Gasteiger partial charge in [-0.1, -0.05) is 6.07 Å². The summed E-state index contributed by atoms with van der Waals surface area (Å²) in [7, 11) is 1.66. The van der Waals surface area contributed by atoms with Gasteiger partial charge in [0, 0.05) is 26.3 Å². The molecule has 7 nitrogen and oxygen atoms in total. The van der Waals surface area contributed by atoms with Crippen molar-refractivity contribution in [3.8, 4) is 0 Å². The molecule has 2 heterocycles. The van der Waals surface area contributed by atoms with E-state index in [1.165, 1.54) is 43.4 Å². The molecule has 2 aromatic rings. The fraction of sp³-hybridized carbons (Fsp3) is 0.625. The van der Waals surface area contributed by atoms with Crippen LogP contribution in [0.25, 0.3) is 5.65 Å². The minimum Gasteiger partial charge on any atom is -0.395 e. The van der Waals surface area contributed by atoms with Gasteiger partial charge in [0.15, 0.2) is 0 Å².